The molecule has 0 unspecified atom stereocenters. The second-order valence-electron chi connectivity index (χ2n) is 5.68. The van der Waals surface area contributed by atoms with Crippen LogP contribution in [0.15, 0.2) is 24.3 Å². The van der Waals surface area contributed by atoms with E-state index in [2.05, 4.69) is 24.1 Å². The van der Waals surface area contributed by atoms with Gasteiger partial charge in [-0.05, 0) is 26.0 Å². The number of nitrogen functional groups attached to an aromatic ring is 1. The zero-order valence-electron chi connectivity index (χ0n) is 12.2. The van der Waals surface area contributed by atoms with E-state index in [0.29, 0.717) is 17.8 Å². The molecule has 1 amide bonds. The molecule has 5 nitrogen and oxygen atoms in total. The number of rotatable bonds is 4. The summed E-state index contributed by atoms with van der Waals surface area (Å²) in [6.07, 6.45) is 0. The van der Waals surface area contributed by atoms with E-state index in [9.17, 15) is 4.79 Å². The molecule has 1 fully saturated rings. The van der Waals surface area contributed by atoms with E-state index in [1.54, 1.807) is 12.1 Å². The maximum atomic E-state index is 12.2. The highest BCUT2D eigenvalue weighted by Gasteiger charge is 2.28. The van der Waals surface area contributed by atoms with Gasteiger partial charge in [0, 0.05) is 30.9 Å². The van der Waals surface area contributed by atoms with Crippen LogP contribution in [-0.2, 0) is 4.74 Å². The fourth-order valence-corrected chi connectivity index (χ4v) is 2.38. The lowest BCUT2D eigenvalue weighted by Crippen LogP contribution is -2.55. The van der Waals surface area contributed by atoms with Crippen molar-refractivity contribution in [2.45, 2.75) is 19.4 Å². The van der Waals surface area contributed by atoms with Crippen LogP contribution in [0.2, 0.25) is 0 Å². The van der Waals surface area contributed by atoms with Crippen molar-refractivity contribution >= 4 is 11.6 Å². The van der Waals surface area contributed by atoms with E-state index in [0.717, 1.165) is 26.3 Å². The molecule has 1 aliphatic heterocycles. The Morgan fingerprint density at radius 2 is 2.00 bits per heavy atom. The number of nitrogens with one attached hydrogen (secondary N) is 1. The number of morpholine rings is 1. The molecule has 0 aromatic heterocycles. The van der Waals surface area contributed by atoms with E-state index < -0.39 is 0 Å². The molecule has 1 aromatic rings. The van der Waals surface area contributed by atoms with Crippen LogP contribution in [0, 0.1) is 0 Å². The molecule has 3 N–H and O–H groups in total. The minimum atomic E-state index is -0.121. The maximum Gasteiger partial charge on any atom is 0.253 e. The molecular weight excluding hydrogens is 254 g/mol. The number of hydrogen-bond donors (Lipinski definition) is 2. The topological polar surface area (TPSA) is 67.6 Å². The van der Waals surface area contributed by atoms with Crippen molar-refractivity contribution in [2.24, 2.45) is 0 Å². The first kappa shape index (κ1) is 14.8. The Kier molecular flexibility index (Phi) is 4.62. The number of ether oxygens (including phenoxy) is 1. The highest BCUT2D eigenvalue weighted by atomic mass is 16.5. The summed E-state index contributed by atoms with van der Waals surface area (Å²) < 4.78 is 5.36. The third-order valence-electron chi connectivity index (χ3n) is 3.75. The summed E-state index contributed by atoms with van der Waals surface area (Å²) in [5.41, 5.74) is 6.76. The molecule has 1 saturated heterocycles. The Balaban J connectivity index is 1.94. The van der Waals surface area contributed by atoms with E-state index in [-0.39, 0.29) is 11.4 Å². The fourth-order valence-electron chi connectivity index (χ4n) is 2.38. The lowest BCUT2D eigenvalue weighted by Gasteiger charge is -2.40. The number of hydrogen-bond acceptors (Lipinski definition) is 4. The van der Waals surface area contributed by atoms with Gasteiger partial charge in [-0.3, -0.25) is 9.69 Å². The van der Waals surface area contributed by atoms with Crippen molar-refractivity contribution in [3.05, 3.63) is 29.8 Å². The average Bonchev–Trinajstić information content (AvgIpc) is 2.46. The van der Waals surface area contributed by atoms with Gasteiger partial charge in [0.25, 0.3) is 5.91 Å². The number of nitrogens with two attached hydrogens (primary N) is 1. The van der Waals surface area contributed by atoms with Crippen molar-refractivity contribution < 1.29 is 9.53 Å². The molecule has 20 heavy (non-hydrogen) atoms. The smallest absolute Gasteiger partial charge is 0.253 e. The van der Waals surface area contributed by atoms with Gasteiger partial charge in [-0.25, -0.2) is 0 Å². The molecule has 2 rings (SSSR count). The van der Waals surface area contributed by atoms with Crippen LogP contribution >= 0.6 is 0 Å². The Morgan fingerprint density at radius 3 is 2.65 bits per heavy atom. The second-order valence-corrected chi connectivity index (χ2v) is 5.68. The molecule has 110 valence electrons. The number of amides is 1. The van der Waals surface area contributed by atoms with E-state index in [1.165, 1.54) is 0 Å². The van der Waals surface area contributed by atoms with E-state index >= 15 is 0 Å². The molecule has 1 aliphatic rings. The second kappa shape index (κ2) is 6.24. The van der Waals surface area contributed by atoms with Gasteiger partial charge < -0.3 is 15.8 Å². The monoisotopic (exact) mass is 277 g/mol. The minimum Gasteiger partial charge on any atom is -0.398 e. The molecule has 0 radical (unpaired) electrons. The normalized spacial score (nSPS) is 16.9. The number of para-hydroxylation sites is 1. The Labute approximate surface area is 120 Å². The van der Waals surface area contributed by atoms with E-state index in [1.807, 2.05) is 12.1 Å². The van der Waals surface area contributed by atoms with Gasteiger partial charge >= 0.3 is 0 Å². The SMILES string of the molecule is CC(C)(CNC(=O)c1ccccc1N)N1CCOCC1. The average molecular weight is 277 g/mol. The van der Waals surface area contributed by atoms with Crippen molar-refractivity contribution in [3.8, 4) is 0 Å². The summed E-state index contributed by atoms with van der Waals surface area (Å²) in [6.45, 7) is 8.15. The van der Waals surface area contributed by atoms with Crippen LogP contribution in [0.1, 0.15) is 24.2 Å². The number of benzene rings is 1. The lowest BCUT2D eigenvalue weighted by atomic mass is 10.0. The molecule has 0 atom stereocenters. The maximum absolute atomic E-state index is 12.2. The van der Waals surface area contributed by atoms with Crippen LogP contribution < -0.4 is 11.1 Å². The Bertz CT molecular complexity index is 468. The molecule has 1 heterocycles. The van der Waals surface area contributed by atoms with E-state index in [4.69, 9.17) is 10.5 Å². The van der Waals surface area contributed by atoms with Crippen LogP contribution in [0.4, 0.5) is 5.69 Å². The van der Waals surface area contributed by atoms with Gasteiger partial charge in [0.2, 0.25) is 0 Å². The van der Waals surface area contributed by atoms with Crippen LogP contribution in [-0.4, -0.2) is 49.2 Å². The Morgan fingerprint density at radius 1 is 1.35 bits per heavy atom. The molecule has 0 spiro atoms. The summed E-state index contributed by atoms with van der Waals surface area (Å²) in [4.78, 5) is 14.5. The minimum absolute atomic E-state index is 0.0943. The van der Waals surface area contributed by atoms with Gasteiger partial charge in [0.15, 0.2) is 0 Å². The Hall–Kier alpha value is -1.59. The standard InChI is InChI=1S/C15H23N3O2/c1-15(2,18-7-9-20-10-8-18)11-17-14(19)12-5-3-4-6-13(12)16/h3-6H,7-11,16H2,1-2H3,(H,17,19). The van der Waals surface area contributed by atoms with Crippen molar-refractivity contribution in [3.63, 3.8) is 0 Å². The molecule has 1 aromatic carbocycles. The molecule has 0 bridgehead atoms. The predicted molar refractivity (Wildman–Crippen MR) is 79.7 cm³/mol. The quantitative estimate of drug-likeness (QED) is 0.809. The van der Waals surface area contributed by atoms with Crippen molar-refractivity contribution in [1.29, 1.82) is 0 Å². The molecular formula is C15H23N3O2. The molecule has 0 aliphatic carbocycles. The first-order valence-electron chi connectivity index (χ1n) is 6.96. The predicted octanol–water partition coefficient (Wildman–Crippen LogP) is 1.11. The zero-order valence-corrected chi connectivity index (χ0v) is 12.2. The van der Waals surface area contributed by atoms with Crippen LogP contribution in [0.5, 0.6) is 0 Å². The fraction of sp³-hybridized carbons (Fsp3) is 0.533. The largest absolute Gasteiger partial charge is 0.398 e. The summed E-state index contributed by atoms with van der Waals surface area (Å²) in [7, 11) is 0. The first-order chi connectivity index (χ1) is 9.50. The summed E-state index contributed by atoms with van der Waals surface area (Å²) >= 11 is 0. The number of carbonyl (C=O) groups is 1. The van der Waals surface area contributed by atoms with Crippen LogP contribution in [0.3, 0.4) is 0 Å². The van der Waals surface area contributed by atoms with Gasteiger partial charge in [-0.15, -0.1) is 0 Å². The number of carbonyl (C=O) groups excluding carboxylic acids is 1. The first-order valence-corrected chi connectivity index (χ1v) is 6.96. The zero-order chi connectivity index (χ0) is 14.6. The molecule has 5 heteroatoms. The number of anilines is 1. The highest BCUT2D eigenvalue weighted by molar-refractivity contribution is 5.99. The lowest BCUT2D eigenvalue weighted by molar-refractivity contribution is -0.00923. The highest BCUT2D eigenvalue weighted by Crippen LogP contribution is 2.16. The van der Waals surface area contributed by atoms with Crippen LogP contribution in [0.25, 0.3) is 0 Å². The van der Waals surface area contributed by atoms with Gasteiger partial charge in [0.05, 0.1) is 18.8 Å². The van der Waals surface area contributed by atoms with Crippen molar-refractivity contribution in [1.82, 2.24) is 10.2 Å². The summed E-state index contributed by atoms with van der Waals surface area (Å²) in [6, 6.07) is 7.12. The summed E-state index contributed by atoms with van der Waals surface area (Å²) in [5, 5.41) is 2.98. The third-order valence-corrected chi connectivity index (χ3v) is 3.75. The number of nitrogens with zero attached hydrogens (tertiary/aromatic N) is 1. The third kappa shape index (κ3) is 3.49. The van der Waals surface area contributed by atoms with Gasteiger partial charge in [-0.2, -0.15) is 0 Å². The van der Waals surface area contributed by atoms with Crippen molar-refractivity contribution in [2.75, 3.05) is 38.6 Å². The molecule has 0 saturated carbocycles. The van der Waals surface area contributed by atoms with Gasteiger partial charge in [-0.1, -0.05) is 12.1 Å². The summed E-state index contributed by atoms with van der Waals surface area (Å²) in [5.74, 6) is -0.121. The van der Waals surface area contributed by atoms with Gasteiger partial charge in [0.1, 0.15) is 0 Å².